The van der Waals surface area contributed by atoms with E-state index in [0.717, 1.165) is 5.69 Å². The molecule has 0 saturated carbocycles. The summed E-state index contributed by atoms with van der Waals surface area (Å²) in [6, 6.07) is 10.9. The summed E-state index contributed by atoms with van der Waals surface area (Å²) in [6.45, 7) is 0. The Hall–Kier alpha value is -1.94. The van der Waals surface area contributed by atoms with E-state index in [-0.39, 0.29) is 0 Å². The molecule has 0 unspecified atom stereocenters. The number of hydrazone groups is 1. The number of anilines is 1. The van der Waals surface area contributed by atoms with Gasteiger partial charge in [-0.1, -0.05) is 23.7 Å². The fourth-order valence-electron chi connectivity index (χ4n) is 1.09. The summed E-state index contributed by atoms with van der Waals surface area (Å²) in [5.74, 6) is 0.597. The first kappa shape index (κ1) is 10.6. The molecular formula is C11H9ClN4. The van der Waals surface area contributed by atoms with E-state index in [0.29, 0.717) is 11.0 Å². The van der Waals surface area contributed by atoms with E-state index in [4.69, 9.17) is 11.6 Å². The second-order valence-electron chi connectivity index (χ2n) is 2.97. The van der Waals surface area contributed by atoms with Gasteiger partial charge in [0.25, 0.3) is 0 Å². The number of aromatic nitrogens is 2. The van der Waals surface area contributed by atoms with E-state index in [1.54, 1.807) is 30.6 Å². The number of nitrogens with one attached hydrogen (secondary N) is 1. The van der Waals surface area contributed by atoms with Crippen LogP contribution in [-0.2, 0) is 0 Å². The van der Waals surface area contributed by atoms with E-state index in [1.807, 2.05) is 18.2 Å². The highest BCUT2D eigenvalue weighted by Crippen LogP contribution is 2.08. The lowest BCUT2D eigenvalue weighted by Gasteiger charge is -1.98. The monoisotopic (exact) mass is 232 g/mol. The standard InChI is InChI=1S/C11H9ClN4/c12-10-5-3-6-11(15-10)16-14-8-9-4-1-2-7-13-9/h1-8H,(H,15,16)/b14-8+. The van der Waals surface area contributed by atoms with Crippen molar-refractivity contribution in [2.75, 3.05) is 5.43 Å². The minimum absolute atomic E-state index is 0.429. The number of rotatable bonds is 3. The van der Waals surface area contributed by atoms with Gasteiger partial charge in [0.1, 0.15) is 11.0 Å². The number of hydrogen-bond donors (Lipinski definition) is 1. The fraction of sp³-hybridized carbons (Fsp3) is 0. The van der Waals surface area contributed by atoms with Crippen molar-refractivity contribution in [1.82, 2.24) is 9.97 Å². The molecule has 2 rings (SSSR count). The highest BCUT2D eigenvalue weighted by atomic mass is 35.5. The van der Waals surface area contributed by atoms with E-state index in [9.17, 15) is 0 Å². The average molecular weight is 233 g/mol. The maximum atomic E-state index is 5.73. The van der Waals surface area contributed by atoms with Crippen LogP contribution in [0.2, 0.25) is 5.15 Å². The zero-order valence-corrected chi connectivity index (χ0v) is 9.09. The molecule has 0 atom stereocenters. The van der Waals surface area contributed by atoms with E-state index in [1.165, 1.54) is 0 Å². The Bertz CT molecular complexity index is 484. The van der Waals surface area contributed by atoms with Crippen LogP contribution >= 0.6 is 11.6 Å². The molecule has 2 aromatic heterocycles. The van der Waals surface area contributed by atoms with Crippen LogP contribution in [0.25, 0.3) is 0 Å². The first-order valence-electron chi connectivity index (χ1n) is 4.67. The summed E-state index contributed by atoms with van der Waals surface area (Å²) in [7, 11) is 0. The Morgan fingerprint density at radius 2 is 2.12 bits per heavy atom. The summed E-state index contributed by atoms with van der Waals surface area (Å²) in [4.78, 5) is 8.12. The van der Waals surface area contributed by atoms with Crippen molar-refractivity contribution in [2.45, 2.75) is 0 Å². The van der Waals surface area contributed by atoms with Gasteiger partial charge in [-0.15, -0.1) is 0 Å². The summed E-state index contributed by atoms with van der Waals surface area (Å²) in [5, 5.41) is 4.42. The number of nitrogens with zero attached hydrogens (tertiary/aromatic N) is 3. The second kappa shape index (κ2) is 5.23. The Kier molecular flexibility index (Phi) is 3.46. The normalized spacial score (nSPS) is 10.6. The molecule has 16 heavy (non-hydrogen) atoms. The van der Waals surface area contributed by atoms with Gasteiger partial charge in [0.2, 0.25) is 0 Å². The van der Waals surface area contributed by atoms with E-state index < -0.39 is 0 Å². The molecule has 0 bridgehead atoms. The van der Waals surface area contributed by atoms with Gasteiger partial charge in [-0.25, -0.2) is 4.98 Å². The smallest absolute Gasteiger partial charge is 0.147 e. The van der Waals surface area contributed by atoms with Crippen molar-refractivity contribution in [2.24, 2.45) is 5.10 Å². The zero-order valence-electron chi connectivity index (χ0n) is 8.34. The minimum atomic E-state index is 0.429. The van der Waals surface area contributed by atoms with Crippen LogP contribution in [0.4, 0.5) is 5.82 Å². The average Bonchev–Trinajstić information content (AvgIpc) is 2.30. The fourth-order valence-corrected chi connectivity index (χ4v) is 1.25. The highest BCUT2D eigenvalue weighted by molar-refractivity contribution is 6.29. The maximum Gasteiger partial charge on any atom is 0.147 e. The van der Waals surface area contributed by atoms with Crippen LogP contribution in [-0.4, -0.2) is 16.2 Å². The number of pyridine rings is 2. The lowest BCUT2D eigenvalue weighted by molar-refractivity contribution is 1.22. The largest absolute Gasteiger partial charge is 0.261 e. The molecule has 0 fully saturated rings. The molecule has 0 radical (unpaired) electrons. The predicted molar refractivity (Wildman–Crippen MR) is 64.7 cm³/mol. The van der Waals surface area contributed by atoms with Crippen molar-refractivity contribution in [3.8, 4) is 0 Å². The predicted octanol–water partition coefficient (Wildman–Crippen LogP) is 2.58. The summed E-state index contributed by atoms with van der Waals surface area (Å²) in [5.41, 5.74) is 3.54. The van der Waals surface area contributed by atoms with Gasteiger partial charge < -0.3 is 0 Å². The van der Waals surface area contributed by atoms with Crippen LogP contribution < -0.4 is 5.43 Å². The molecule has 0 spiro atoms. The van der Waals surface area contributed by atoms with Crippen LogP contribution in [0.5, 0.6) is 0 Å². The van der Waals surface area contributed by atoms with Gasteiger partial charge in [0.15, 0.2) is 0 Å². The Morgan fingerprint density at radius 3 is 2.88 bits per heavy atom. The Morgan fingerprint density at radius 1 is 1.19 bits per heavy atom. The molecule has 0 aliphatic carbocycles. The molecule has 0 aromatic carbocycles. The lowest BCUT2D eigenvalue weighted by Crippen LogP contribution is -1.94. The van der Waals surface area contributed by atoms with Crippen LogP contribution in [0, 0.1) is 0 Å². The van der Waals surface area contributed by atoms with Crippen molar-refractivity contribution < 1.29 is 0 Å². The SMILES string of the molecule is Clc1cccc(N/N=C/c2ccccn2)n1. The van der Waals surface area contributed by atoms with Gasteiger partial charge in [-0.3, -0.25) is 10.4 Å². The van der Waals surface area contributed by atoms with Gasteiger partial charge in [0, 0.05) is 6.20 Å². The van der Waals surface area contributed by atoms with Crippen LogP contribution in [0.1, 0.15) is 5.69 Å². The topological polar surface area (TPSA) is 50.2 Å². The minimum Gasteiger partial charge on any atom is -0.261 e. The highest BCUT2D eigenvalue weighted by Gasteiger charge is 1.92. The second-order valence-corrected chi connectivity index (χ2v) is 3.36. The molecule has 0 aliphatic heterocycles. The van der Waals surface area contributed by atoms with Gasteiger partial charge in [-0.05, 0) is 24.3 Å². The molecule has 80 valence electrons. The van der Waals surface area contributed by atoms with Gasteiger partial charge in [-0.2, -0.15) is 5.10 Å². The third kappa shape index (κ3) is 3.03. The molecule has 0 saturated heterocycles. The van der Waals surface area contributed by atoms with Crippen molar-refractivity contribution in [3.05, 3.63) is 53.4 Å². The number of halogens is 1. The van der Waals surface area contributed by atoms with Crippen LogP contribution in [0.3, 0.4) is 0 Å². The van der Waals surface area contributed by atoms with Crippen molar-refractivity contribution >= 4 is 23.6 Å². The van der Waals surface area contributed by atoms with Crippen LogP contribution in [0.15, 0.2) is 47.7 Å². The van der Waals surface area contributed by atoms with Gasteiger partial charge in [0.05, 0.1) is 11.9 Å². The molecule has 2 aromatic rings. The molecule has 2 heterocycles. The summed E-state index contributed by atoms with van der Waals surface area (Å²) < 4.78 is 0. The number of hydrogen-bond acceptors (Lipinski definition) is 4. The maximum absolute atomic E-state index is 5.73. The zero-order chi connectivity index (χ0) is 11.2. The summed E-state index contributed by atoms with van der Waals surface area (Å²) in [6.07, 6.45) is 3.32. The van der Waals surface area contributed by atoms with E-state index in [2.05, 4.69) is 20.5 Å². The molecule has 5 heteroatoms. The molecule has 1 N–H and O–H groups in total. The lowest BCUT2D eigenvalue weighted by atomic mass is 10.4. The molecule has 0 amide bonds. The summed E-state index contributed by atoms with van der Waals surface area (Å²) >= 11 is 5.73. The first-order chi connectivity index (χ1) is 7.84. The quantitative estimate of drug-likeness (QED) is 0.503. The Labute approximate surface area is 98.0 Å². The van der Waals surface area contributed by atoms with Crippen molar-refractivity contribution in [3.63, 3.8) is 0 Å². The third-order valence-electron chi connectivity index (χ3n) is 1.78. The first-order valence-corrected chi connectivity index (χ1v) is 5.05. The third-order valence-corrected chi connectivity index (χ3v) is 1.99. The molecule has 4 nitrogen and oxygen atoms in total. The van der Waals surface area contributed by atoms with Crippen molar-refractivity contribution in [1.29, 1.82) is 0 Å². The molecular weight excluding hydrogens is 224 g/mol. The molecule has 0 aliphatic rings. The van der Waals surface area contributed by atoms with Gasteiger partial charge >= 0.3 is 0 Å². The van der Waals surface area contributed by atoms with E-state index >= 15 is 0 Å². The Balaban J connectivity index is 2.00.